The first kappa shape index (κ1) is 16.5. The fraction of sp³-hybridized carbons (Fsp3) is 0.625. The van der Waals surface area contributed by atoms with Crippen molar-refractivity contribution in [1.82, 2.24) is 4.90 Å². The number of unbranched alkanes of at least 4 members (excludes halogenated alkanes) is 1. The Labute approximate surface area is 122 Å². The van der Waals surface area contributed by atoms with Crippen LogP contribution in [0.4, 0.5) is 0 Å². The highest BCUT2D eigenvalue weighted by Crippen LogP contribution is 2.29. The highest BCUT2D eigenvalue weighted by atomic mass is 35.5. The summed E-state index contributed by atoms with van der Waals surface area (Å²) < 4.78 is 0. The minimum absolute atomic E-state index is 0.218. The van der Waals surface area contributed by atoms with E-state index in [1.165, 1.54) is 12.8 Å². The first-order valence-corrected chi connectivity index (χ1v) is 7.73. The molecule has 2 unspecified atom stereocenters. The summed E-state index contributed by atoms with van der Waals surface area (Å²) in [6.45, 7) is 8.41. The van der Waals surface area contributed by atoms with Crippen LogP contribution in [-0.4, -0.2) is 24.0 Å². The maximum Gasteiger partial charge on any atom is 0.0488 e. The zero-order valence-corrected chi connectivity index (χ0v) is 13.2. The first-order chi connectivity index (χ1) is 9.15. The highest BCUT2D eigenvalue weighted by molar-refractivity contribution is 6.31. The maximum absolute atomic E-state index is 6.34. The predicted octanol–water partition coefficient (Wildman–Crippen LogP) is 4.24. The van der Waals surface area contributed by atoms with Crippen molar-refractivity contribution in [2.75, 3.05) is 13.1 Å². The highest BCUT2D eigenvalue weighted by Gasteiger charge is 2.24. The van der Waals surface area contributed by atoms with Crippen LogP contribution < -0.4 is 5.73 Å². The molecule has 0 aromatic heterocycles. The number of benzene rings is 1. The summed E-state index contributed by atoms with van der Waals surface area (Å²) in [5.74, 6) is 0. The summed E-state index contributed by atoms with van der Waals surface area (Å²) in [7, 11) is 0. The quantitative estimate of drug-likeness (QED) is 0.773. The molecular formula is C16H27ClN2. The summed E-state index contributed by atoms with van der Waals surface area (Å²) >= 11 is 6.34. The summed E-state index contributed by atoms with van der Waals surface area (Å²) in [5.41, 5.74) is 7.19. The zero-order chi connectivity index (χ0) is 14.3. The van der Waals surface area contributed by atoms with Gasteiger partial charge in [-0.25, -0.2) is 0 Å². The number of hydrogen-bond acceptors (Lipinski definition) is 2. The van der Waals surface area contributed by atoms with Crippen molar-refractivity contribution in [3.63, 3.8) is 0 Å². The van der Waals surface area contributed by atoms with Crippen molar-refractivity contribution < 1.29 is 0 Å². The molecule has 0 aliphatic heterocycles. The van der Waals surface area contributed by atoms with Gasteiger partial charge >= 0.3 is 0 Å². The molecule has 0 aliphatic rings. The molecule has 108 valence electrons. The van der Waals surface area contributed by atoms with Crippen molar-refractivity contribution in [1.29, 1.82) is 0 Å². The lowest BCUT2D eigenvalue weighted by Crippen LogP contribution is -2.40. The molecule has 19 heavy (non-hydrogen) atoms. The number of halogens is 1. The molecule has 0 fully saturated rings. The van der Waals surface area contributed by atoms with Gasteiger partial charge in [0, 0.05) is 23.7 Å². The maximum atomic E-state index is 6.34. The lowest BCUT2D eigenvalue weighted by Gasteiger charge is -2.36. The van der Waals surface area contributed by atoms with Crippen molar-refractivity contribution in [2.45, 2.75) is 52.1 Å². The van der Waals surface area contributed by atoms with Gasteiger partial charge in [-0.3, -0.25) is 4.90 Å². The zero-order valence-electron chi connectivity index (χ0n) is 12.4. The summed E-state index contributed by atoms with van der Waals surface area (Å²) in [6, 6.07) is 8.80. The number of nitrogens with two attached hydrogens (primary N) is 1. The Balaban J connectivity index is 2.98. The van der Waals surface area contributed by atoms with E-state index in [0.717, 1.165) is 23.6 Å². The molecule has 2 N–H and O–H groups in total. The Hall–Kier alpha value is -0.570. The van der Waals surface area contributed by atoms with Crippen molar-refractivity contribution in [3.8, 4) is 0 Å². The molecule has 0 aliphatic carbocycles. The second kappa shape index (κ2) is 8.57. The van der Waals surface area contributed by atoms with Crippen LogP contribution in [0.25, 0.3) is 0 Å². The van der Waals surface area contributed by atoms with Crippen molar-refractivity contribution >= 4 is 11.6 Å². The van der Waals surface area contributed by atoms with Gasteiger partial charge in [-0.15, -0.1) is 0 Å². The standard InChI is InChI=1S/C16H27ClN2/c1-4-6-11-19(13(3)5-2)16(12-18)14-9-7-8-10-15(14)17/h7-10,13,16H,4-6,11-12,18H2,1-3H3. The molecule has 3 heteroatoms. The van der Waals surface area contributed by atoms with Gasteiger partial charge < -0.3 is 5.73 Å². The molecule has 2 nitrogen and oxygen atoms in total. The van der Waals surface area contributed by atoms with E-state index in [4.69, 9.17) is 17.3 Å². The lowest BCUT2D eigenvalue weighted by atomic mass is 10.0. The normalized spacial score (nSPS) is 14.6. The summed E-state index contributed by atoms with van der Waals surface area (Å²) in [4.78, 5) is 2.50. The predicted molar refractivity (Wildman–Crippen MR) is 84.6 cm³/mol. The van der Waals surface area contributed by atoms with Gasteiger partial charge in [-0.05, 0) is 37.9 Å². The smallest absolute Gasteiger partial charge is 0.0488 e. The van der Waals surface area contributed by atoms with Gasteiger partial charge in [0.25, 0.3) is 0 Å². The minimum atomic E-state index is 0.218. The largest absolute Gasteiger partial charge is 0.329 e. The molecular weight excluding hydrogens is 256 g/mol. The molecule has 2 atom stereocenters. The third-order valence-electron chi connectivity index (χ3n) is 3.81. The van der Waals surface area contributed by atoms with Gasteiger partial charge in [-0.2, -0.15) is 0 Å². The fourth-order valence-corrected chi connectivity index (χ4v) is 2.71. The van der Waals surface area contributed by atoms with Crippen LogP contribution in [0.15, 0.2) is 24.3 Å². The van der Waals surface area contributed by atoms with Gasteiger partial charge in [0.15, 0.2) is 0 Å². The van der Waals surface area contributed by atoms with Gasteiger partial charge in [0.05, 0.1) is 0 Å². The molecule has 0 amide bonds. The number of hydrogen-bond donors (Lipinski definition) is 1. The van der Waals surface area contributed by atoms with Crippen molar-refractivity contribution in [3.05, 3.63) is 34.9 Å². The molecule has 1 aromatic carbocycles. The van der Waals surface area contributed by atoms with Crippen LogP contribution in [0.2, 0.25) is 5.02 Å². The van der Waals surface area contributed by atoms with E-state index in [1.807, 2.05) is 18.2 Å². The van der Waals surface area contributed by atoms with E-state index in [0.29, 0.717) is 12.6 Å². The third-order valence-corrected chi connectivity index (χ3v) is 4.16. The molecule has 0 saturated heterocycles. The number of nitrogens with zero attached hydrogens (tertiary/aromatic N) is 1. The lowest BCUT2D eigenvalue weighted by molar-refractivity contribution is 0.141. The Morgan fingerprint density at radius 2 is 1.95 bits per heavy atom. The van der Waals surface area contributed by atoms with E-state index in [9.17, 15) is 0 Å². The number of rotatable bonds is 8. The summed E-state index contributed by atoms with van der Waals surface area (Å²) in [5, 5.41) is 0.822. The van der Waals surface area contributed by atoms with Gasteiger partial charge in [-0.1, -0.05) is 50.1 Å². The van der Waals surface area contributed by atoms with Gasteiger partial charge in [0.1, 0.15) is 0 Å². The molecule has 0 heterocycles. The topological polar surface area (TPSA) is 29.3 Å². The summed E-state index contributed by atoms with van der Waals surface area (Å²) in [6.07, 6.45) is 3.53. The average molecular weight is 283 g/mol. The Morgan fingerprint density at radius 3 is 2.47 bits per heavy atom. The van der Waals surface area contributed by atoms with Crippen LogP contribution in [0.1, 0.15) is 51.6 Å². The second-order valence-corrected chi connectivity index (χ2v) is 5.53. The third kappa shape index (κ3) is 4.48. The Morgan fingerprint density at radius 1 is 1.26 bits per heavy atom. The Kier molecular flexibility index (Phi) is 7.44. The molecule has 0 radical (unpaired) electrons. The van der Waals surface area contributed by atoms with Crippen LogP contribution in [0.5, 0.6) is 0 Å². The van der Waals surface area contributed by atoms with E-state index >= 15 is 0 Å². The molecule has 0 spiro atoms. The van der Waals surface area contributed by atoms with Crippen LogP contribution in [0.3, 0.4) is 0 Å². The van der Waals surface area contributed by atoms with E-state index < -0.39 is 0 Å². The SMILES string of the molecule is CCCCN(C(C)CC)C(CN)c1ccccc1Cl. The fourth-order valence-electron chi connectivity index (χ4n) is 2.44. The van der Waals surface area contributed by atoms with E-state index in [1.54, 1.807) is 0 Å². The molecule has 1 rings (SSSR count). The minimum Gasteiger partial charge on any atom is -0.329 e. The molecule has 0 bridgehead atoms. The van der Waals surface area contributed by atoms with Crippen LogP contribution >= 0.6 is 11.6 Å². The monoisotopic (exact) mass is 282 g/mol. The van der Waals surface area contributed by atoms with E-state index in [2.05, 4.69) is 31.7 Å². The molecule has 1 aromatic rings. The second-order valence-electron chi connectivity index (χ2n) is 5.12. The van der Waals surface area contributed by atoms with Crippen LogP contribution in [0, 0.1) is 0 Å². The Bertz CT molecular complexity index is 368. The molecule has 0 saturated carbocycles. The first-order valence-electron chi connectivity index (χ1n) is 7.35. The van der Waals surface area contributed by atoms with Crippen LogP contribution in [-0.2, 0) is 0 Å². The van der Waals surface area contributed by atoms with Gasteiger partial charge in [0.2, 0.25) is 0 Å². The van der Waals surface area contributed by atoms with Crippen molar-refractivity contribution in [2.24, 2.45) is 5.73 Å². The van der Waals surface area contributed by atoms with E-state index in [-0.39, 0.29) is 6.04 Å². The average Bonchev–Trinajstić information content (AvgIpc) is 2.44.